The molecule has 1 heterocycles. The highest BCUT2D eigenvalue weighted by atomic mass is 16.6. The predicted molar refractivity (Wildman–Crippen MR) is 69.0 cm³/mol. The van der Waals surface area contributed by atoms with Crippen LogP contribution in [-0.2, 0) is 9.53 Å². The largest absolute Gasteiger partial charge is 0.469 e. The number of nitro groups is 1. The lowest BCUT2D eigenvalue weighted by molar-refractivity contribution is -0.544. The van der Waals surface area contributed by atoms with Gasteiger partial charge in [-0.1, -0.05) is 6.92 Å². The fourth-order valence-electron chi connectivity index (χ4n) is 2.94. The standard InChI is InChI=1S/C12H20N2O6/c1-3-9(14(18)19)12(8-10(15)20-2)4-6-13(7-5-12)11(16)17/h9H,3-8H2,1-2H3,(H,16,17). The molecular weight excluding hydrogens is 268 g/mol. The van der Waals surface area contributed by atoms with Crippen LogP contribution in [0.2, 0.25) is 0 Å². The summed E-state index contributed by atoms with van der Waals surface area (Å²) in [5.41, 5.74) is -0.822. The first-order valence-corrected chi connectivity index (χ1v) is 6.54. The van der Waals surface area contributed by atoms with Gasteiger partial charge in [-0.3, -0.25) is 14.9 Å². The Hall–Kier alpha value is -1.86. The zero-order chi connectivity index (χ0) is 15.3. The number of methoxy groups -OCH3 is 1. The van der Waals surface area contributed by atoms with E-state index in [0.29, 0.717) is 19.3 Å². The summed E-state index contributed by atoms with van der Waals surface area (Å²) >= 11 is 0. The number of piperidine rings is 1. The molecule has 1 saturated heterocycles. The number of rotatable bonds is 5. The van der Waals surface area contributed by atoms with Crippen molar-refractivity contribution in [2.75, 3.05) is 20.2 Å². The zero-order valence-corrected chi connectivity index (χ0v) is 11.7. The highest BCUT2D eigenvalue weighted by Crippen LogP contribution is 2.41. The highest BCUT2D eigenvalue weighted by Gasteiger charge is 2.49. The first-order valence-electron chi connectivity index (χ1n) is 6.54. The quantitative estimate of drug-likeness (QED) is 0.464. The van der Waals surface area contributed by atoms with Crippen molar-refractivity contribution in [2.24, 2.45) is 5.41 Å². The number of likely N-dealkylation sites (tertiary alicyclic amines) is 1. The molecule has 1 fully saturated rings. The van der Waals surface area contributed by atoms with Gasteiger partial charge < -0.3 is 14.7 Å². The number of carbonyl (C=O) groups is 2. The maximum atomic E-state index is 11.6. The maximum Gasteiger partial charge on any atom is 0.407 e. The zero-order valence-electron chi connectivity index (χ0n) is 11.7. The molecule has 8 nitrogen and oxygen atoms in total. The normalized spacial score (nSPS) is 19.2. The van der Waals surface area contributed by atoms with Crippen molar-refractivity contribution in [3.05, 3.63) is 10.1 Å². The summed E-state index contributed by atoms with van der Waals surface area (Å²) < 4.78 is 4.64. The summed E-state index contributed by atoms with van der Waals surface area (Å²) in [5, 5.41) is 20.2. The van der Waals surface area contributed by atoms with Gasteiger partial charge in [-0.25, -0.2) is 4.79 Å². The van der Waals surface area contributed by atoms with E-state index in [2.05, 4.69) is 4.74 Å². The van der Waals surface area contributed by atoms with Gasteiger partial charge in [0.2, 0.25) is 6.04 Å². The Kier molecular flexibility index (Phi) is 5.29. The Morgan fingerprint density at radius 1 is 1.45 bits per heavy atom. The third kappa shape index (κ3) is 3.37. The molecule has 1 aliphatic heterocycles. The number of hydrogen-bond acceptors (Lipinski definition) is 5. The average Bonchev–Trinajstić information content (AvgIpc) is 2.39. The summed E-state index contributed by atoms with van der Waals surface area (Å²) in [6.07, 6.45) is -0.180. The van der Waals surface area contributed by atoms with E-state index in [9.17, 15) is 19.7 Å². The number of esters is 1. The first kappa shape index (κ1) is 16.2. The molecule has 0 radical (unpaired) electrons. The molecule has 0 aromatic carbocycles. The molecule has 114 valence electrons. The second-order valence-corrected chi connectivity index (χ2v) is 5.09. The van der Waals surface area contributed by atoms with E-state index in [1.807, 2.05) is 0 Å². The molecule has 0 aromatic rings. The molecule has 1 atom stereocenters. The molecular formula is C12H20N2O6. The summed E-state index contributed by atoms with van der Waals surface area (Å²) in [6, 6.07) is -0.863. The minimum absolute atomic E-state index is 0.0452. The molecule has 0 bridgehead atoms. The monoisotopic (exact) mass is 288 g/mol. The van der Waals surface area contributed by atoms with Crippen LogP contribution in [0.5, 0.6) is 0 Å². The summed E-state index contributed by atoms with van der Waals surface area (Å²) in [6.45, 7) is 2.11. The molecule has 1 rings (SSSR count). The van der Waals surface area contributed by atoms with Gasteiger partial charge in [0.15, 0.2) is 0 Å². The van der Waals surface area contributed by atoms with E-state index in [1.165, 1.54) is 12.0 Å². The molecule has 1 N–H and O–H groups in total. The number of nitrogens with zero attached hydrogens (tertiary/aromatic N) is 2. The molecule has 0 saturated carbocycles. The number of amides is 1. The Labute approximate surface area is 116 Å². The smallest absolute Gasteiger partial charge is 0.407 e. The predicted octanol–water partition coefficient (Wildman–Crippen LogP) is 1.36. The Bertz CT molecular complexity index is 389. The van der Waals surface area contributed by atoms with Crippen molar-refractivity contribution in [3.8, 4) is 0 Å². The topological polar surface area (TPSA) is 110 Å². The minimum Gasteiger partial charge on any atom is -0.469 e. The van der Waals surface area contributed by atoms with Crippen LogP contribution in [0, 0.1) is 15.5 Å². The molecule has 8 heteroatoms. The second kappa shape index (κ2) is 6.53. The minimum atomic E-state index is -1.04. The van der Waals surface area contributed by atoms with Crippen molar-refractivity contribution in [2.45, 2.75) is 38.6 Å². The molecule has 20 heavy (non-hydrogen) atoms. The molecule has 1 unspecified atom stereocenters. The van der Waals surface area contributed by atoms with Crippen LogP contribution in [0.15, 0.2) is 0 Å². The third-order valence-electron chi connectivity index (χ3n) is 4.10. The fraction of sp³-hybridized carbons (Fsp3) is 0.833. The van der Waals surface area contributed by atoms with Gasteiger partial charge in [0.25, 0.3) is 0 Å². The average molecular weight is 288 g/mol. The van der Waals surface area contributed by atoms with Gasteiger partial charge in [0.1, 0.15) is 0 Å². The van der Waals surface area contributed by atoms with Crippen LogP contribution in [-0.4, -0.2) is 53.2 Å². The van der Waals surface area contributed by atoms with Gasteiger partial charge in [0, 0.05) is 24.4 Å². The van der Waals surface area contributed by atoms with E-state index in [1.54, 1.807) is 6.92 Å². The lowest BCUT2D eigenvalue weighted by atomic mass is 9.69. The highest BCUT2D eigenvalue weighted by molar-refractivity contribution is 5.70. The van der Waals surface area contributed by atoms with Crippen LogP contribution in [0.4, 0.5) is 4.79 Å². The van der Waals surface area contributed by atoms with Crippen molar-refractivity contribution in [3.63, 3.8) is 0 Å². The summed E-state index contributed by atoms with van der Waals surface area (Å²) in [5.74, 6) is -0.492. The Morgan fingerprint density at radius 2 is 2.00 bits per heavy atom. The van der Waals surface area contributed by atoms with Crippen LogP contribution in [0.1, 0.15) is 32.6 Å². The molecule has 0 aromatic heterocycles. The summed E-state index contributed by atoms with van der Waals surface area (Å²) in [7, 11) is 1.25. The second-order valence-electron chi connectivity index (χ2n) is 5.09. The third-order valence-corrected chi connectivity index (χ3v) is 4.10. The van der Waals surface area contributed by atoms with Crippen LogP contribution in [0.3, 0.4) is 0 Å². The van der Waals surface area contributed by atoms with E-state index in [0.717, 1.165) is 0 Å². The van der Waals surface area contributed by atoms with Crippen LogP contribution < -0.4 is 0 Å². The fourth-order valence-corrected chi connectivity index (χ4v) is 2.94. The van der Waals surface area contributed by atoms with Crippen molar-refractivity contribution in [1.29, 1.82) is 0 Å². The van der Waals surface area contributed by atoms with Crippen molar-refractivity contribution < 1.29 is 24.4 Å². The lowest BCUT2D eigenvalue weighted by Gasteiger charge is -2.41. The van der Waals surface area contributed by atoms with Crippen molar-refractivity contribution >= 4 is 12.1 Å². The molecule has 0 aliphatic carbocycles. The Morgan fingerprint density at radius 3 is 2.35 bits per heavy atom. The lowest BCUT2D eigenvalue weighted by Crippen LogP contribution is -2.51. The number of hydrogen-bond donors (Lipinski definition) is 1. The molecule has 0 spiro atoms. The van der Waals surface area contributed by atoms with Gasteiger partial charge in [0.05, 0.1) is 18.9 Å². The van der Waals surface area contributed by atoms with E-state index in [4.69, 9.17) is 5.11 Å². The van der Waals surface area contributed by atoms with Gasteiger partial charge >= 0.3 is 12.1 Å². The van der Waals surface area contributed by atoms with E-state index >= 15 is 0 Å². The first-order chi connectivity index (χ1) is 9.36. The molecule has 1 amide bonds. The van der Waals surface area contributed by atoms with Crippen LogP contribution in [0.25, 0.3) is 0 Å². The summed E-state index contributed by atoms with van der Waals surface area (Å²) in [4.78, 5) is 34.6. The van der Waals surface area contributed by atoms with Crippen LogP contribution >= 0.6 is 0 Å². The van der Waals surface area contributed by atoms with E-state index in [-0.39, 0.29) is 24.4 Å². The number of carboxylic acid groups (broad SMARTS) is 1. The Balaban J connectivity index is 2.95. The van der Waals surface area contributed by atoms with Gasteiger partial charge in [-0.15, -0.1) is 0 Å². The SMILES string of the molecule is CCC([N+](=O)[O-])C1(CC(=O)OC)CCN(C(=O)O)CC1. The molecule has 1 aliphatic rings. The number of carbonyl (C=O) groups excluding carboxylic acids is 1. The van der Waals surface area contributed by atoms with Crippen molar-refractivity contribution in [1.82, 2.24) is 4.90 Å². The van der Waals surface area contributed by atoms with E-state index < -0.39 is 23.5 Å². The van der Waals surface area contributed by atoms with Gasteiger partial charge in [-0.2, -0.15) is 0 Å². The van der Waals surface area contributed by atoms with Gasteiger partial charge in [-0.05, 0) is 12.8 Å². The number of ether oxygens (including phenoxy) is 1. The maximum absolute atomic E-state index is 11.6.